The van der Waals surface area contributed by atoms with Gasteiger partial charge in [-0.05, 0) is 43.4 Å². The van der Waals surface area contributed by atoms with Crippen molar-refractivity contribution >= 4 is 11.6 Å². The van der Waals surface area contributed by atoms with Crippen LogP contribution in [0.3, 0.4) is 0 Å². The summed E-state index contributed by atoms with van der Waals surface area (Å²) in [6, 6.07) is 2.75. The van der Waals surface area contributed by atoms with Gasteiger partial charge in [-0.3, -0.25) is 4.79 Å². The molecule has 1 heterocycles. The van der Waals surface area contributed by atoms with Gasteiger partial charge < -0.3 is 30.5 Å². The molecule has 0 spiro atoms. The molecule has 4 unspecified atom stereocenters. The molecule has 0 radical (unpaired) electrons. The molecule has 0 aliphatic carbocycles. The van der Waals surface area contributed by atoms with E-state index in [1.54, 1.807) is 38.2 Å². The minimum absolute atomic E-state index is 0.0327. The van der Waals surface area contributed by atoms with Gasteiger partial charge >= 0.3 is 0 Å². The zero-order valence-corrected chi connectivity index (χ0v) is 19.4. The Hall–Kier alpha value is -2.87. The number of amides is 1. The van der Waals surface area contributed by atoms with E-state index in [2.05, 4.69) is 5.32 Å². The first-order valence-corrected chi connectivity index (χ1v) is 11.1. The lowest BCUT2D eigenvalue weighted by Gasteiger charge is -2.24. The Morgan fingerprint density at radius 3 is 2.55 bits per heavy atom. The van der Waals surface area contributed by atoms with E-state index < -0.39 is 18.3 Å². The van der Waals surface area contributed by atoms with Crippen LogP contribution >= 0.6 is 0 Å². The van der Waals surface area contributed by atoms with Gasteiger partial charge in [-0.1, -0.05) is 49.5 Å². The van der Waals surface area contributed by atoms with E-state index in [0.717, 1.165) is 5.57 Å². The number of aryl methyl sites for hydroxylation is 1. The van der Waals surface area contributed by atoms with E-state index in [4.69, 9.17) is 4.74 Å². The van der Waals surface area contributed by atoms with Crippen LogP contribution in [0.4, 0.5) is 5.69 Å². The molecule has 33 heavy (non-hydrogen) atoms. The number of phenols is 2. The molecular formula is C26H35NO6. The third kappa shape index (κ3) is 8.20. The number of rotatable bonds is 1. The summed E-state index contributed by atoms with van der Waals surface area (Å²) in [5, 5.41) is 44.3. The molecule has 7 heteroatoms. The monoisotopic (exact) mass is 457 g/mol. The molecule has 2 bridgehead atoms. The zero-order chi connectivity index (χ0) is 24.4. The van der Waals surface area contributed by atoms with Gasteiger partial charge in [0, 0.05) is 19.1 Å². The lowest BCUT2D eigenvalue weighted by Crippen LogP contribution is -2.30. The number of anilines is 1. The van der Waals surface area contributed by atoms with Gasteiger partial charge in [0.05, 0.1) is 30.4 Å². The van der Waals surface area contributed by atoms with E-state index in [0.29, 0.717) is 24.8 Å². The van der Waals surface area contributed by atoms with Crippen molar-refractivity contribution in [1.82, 2.24) is 0 Å². The van der Waals surface area contributed by atoms with Gasteiger partial charge in [-0.2, -0.15) is 0 Å². The highest BCUT2D eigenvalue weighted by Crippen LogP contribution is 2.33. The molecule has 1 aliphatic heterocycles. The Labute approximate surface area is 195 Å². The lowest BCUT2D eigenvalue weighted by atomic mass is 9.90. The second-order valence-electron chi connectivity index (χ2n) is 8.32. The standard InChI is InChI=1S/C26H35NO6/c1-17-10-9-11-19-14-20(28)15-22(26(19)32)27-24(30)16-21(33-3)12-7-5-4-6-8-13-23(29)18(2)25(17)31/h4-8,10,12,14-15,18,21,23,25,28-29,31-32H,9,11,13,16H2,1-3H3,(H,27,30)/b5-4+,8-6+,12-7+,17-10-. The number of aromatic hydroxyl groups is 2. The maximum Gasteiger partial charge on any atom is 0.227 e. The van der Waals surface area contributed by atoms with Crippen LogP contribution in [0, 0.1) is 5.92 Å². The highest BCUT2D eigenvalue weighted by atomic mass is 16.5. The van der Waals surface area contributed by atoms with Gasteiger partial charge in [0.1, 0.15) is 11.5 Å². The number of fused-ring (bicyclic) bond motifs is 2. The molecule has 0 saturated heterocycles. The summed E-state index contributed by atoms with van der Waals surface area (Å²) in [6.07, 6.45) is 11.9. The second kappa shape index (κ2) is 13.0. The molecule has 1 aromatic carbocycles. The maximum absolute atomic E-state index is 12.5. The molecular weight excluding hydrogens is 422 g/mol. The first-order valence-electron chi connectivity index (χ1n) is 11.1. The number of allylic oxidation sites excluding steroid dienone is 5. The molecule has 4 atom stereocenters. The fourth-order valence-corrected chi connectivity index (χ4v) is 3.61. The number of benzene rings is 1. The van der Waals surface area contributed by atoms with Gasteiger partial charge in [0.15, 0.2) is 0 Å². The van der Waals surface area contributed by atoms with Gasteiger partial charge in [0.25, 0.3) is 0 Å². The first kappa shape index (κ1) is 26.4. The van der Waals surface area contributed by atoms with Crippen molar-refractivity contribution in [2.75, 3.05) is 12.4 Å². The van der Waals surface area contributed by atoms with Crippen molar-refractivity contribution in [3.05, 3.63) is 65.8 Å². The molecule has 1 amide bonds. The quantitative estimate of drug-likeness (QED) is 0.249. The number of hydrogen-bond acceptors (Lipinski definition) is 6. The summed E-state index contributed by atoms with van der Waals surface area (Å²) in [5.74, 6) is -0.909. The Kier molecular flexibility index (Phi) is 10.4. The normalized spacial score (nSPS) is 30.2. The van der Waals surface area contributed by atoms with E-state index in [1.807, 2.05) is 18.2 Å². The molecule has 0 aromatic heterocycles. The fourth-order valence-electron chi connectivity index (χ4n) is 3.61. The highest BCUT2D eigenvalue weighted by Gasteiger charge is 2.23. The summed E-state index contributed by atoms with van der Waals surface area (Å²) in [4.78, 5) is 12.5. The van der Waals surface area contributed by atoms with Crippen molar-refractivity contribution in [3.63, 3.8) is 0 Å². The van der Waals surface area contributed by atoms with Crippen LogP contribution < -0.4 is 5.32 Å². The first-order chi connectivity index (χ1) is 15.7. The van der Waals surface area contributed by atoms with Crippen molar-refractivity contribution in [1.29, 1.82) is 0 Å². The van der Waals surface area contributed by atoms with E-state index in [9.17, 15) is 25.2 Å². The summed E-state index contributed by atoms with van der Waals surface area (Å²) in [7, 11) is 1.50. The van der Waals surface area contributed by atoms with Crippen LogP contribution in [0.5, 0.6) is 11.5 Å². The van der Waals surface area contributed by atoms with Crippen LogP contribution in [0.25, 0.3) is 0 Å². The average molecular weight is 458 g/mol. The second-order valence-corrected chi connectivity index (χ2v) is 8.32. The minimum atomic E-state index is -0.806. The number of carbonyl (C=O) groups excluding carboxylic acids is 1. The molecule has 1 aliphatic rings. The summed E-state index contributed by atoms with van der Waals surface area (Å²) in [5.41, 5.74) is 1.32. The number of methoxy groups -OCH3 is 1. The Morgan fingerprint density at radius 2 is 1.82 bits per heavy atom. The summed E-state index contributed by atoms with van der Waals surface area (Å²) in [6.45, 7) is 3.60. The highest BCUT2D eigenvalue weighted by molar-refractivity contribution is 5.93. The summed E-state index contributed by atoms with van der Waals surface area (Å²) >= 11 is 0. The number of nitrogens with one attached hydrogen (secondary N) is 1. The molecule has 0 fully saturated rings. The Morgan fingerprint density at radius 1 is 1.09 bits per heavy atom. The molecule has 180 valence electrons. The SMILES string of the molecule is COC1/C=C/C=C/C=C/CC(O)C(C)C(O)/C(C)=C\CCc2cc(O)cc(c2O)NC(=O)C1. The lowest BCUT2D eigenvalue weighted by molar-refractivity contribution is -0.117. The average Bonchev–Trinajstić information content (AvgIpc) is 2.78. The van der Waals surface area contributed by atoms with Gasteiger partial charge in [0.2, 0.25) is 5.91 Å². The van der Waals surface area contributed by atoms with Crippen LogP contribution in [-0.2, 0) is 16.0 Å². The van der Waals surface area contributed by atoms with Crippen molar-refractivity contribution < 1.29 is 30.0 Å². The molecule has 5 N–H and O–H groups in total. The Balaban J connectivity index is 2.32. The predicted octanol–water partition coefficient (Wildman–Crippen LogP) is 3.75. The summed E-state index contributed by atoms with van der Waals surface area (Å²) < 4.78 is 5.33. The third-order valence-electron chi connectivity index (χ3n) is 5.76. The number of phenolic OH excluding ortho intramolecular Hbond substituents is 2. The molecule has 2 rings (SSSR count). The molecule has 1 aromatic rings. The number of aliphatic hydroxyl groups is 2. The number of aliphatic hydroxyl groups excluding tert-OH is 2. The van der Waals surface area contributed by atoms with E-state index in [1.165, 1.54) is 19.2 Å². The van der Waals surface area contributed by atoms with Gasteiger partial charge in [-0.15, -0.1) is 0 Å². The molecule has 7 nitrogen and oxygen atoms in total. The van der Waals surface area contributed by atoms with Crippen LogP contribution in [0.15, 0.2) is 60.2 Å². The Bertz CT molecular complexity index is 918. The minimum Gasteiger partial charge on any atom is -0.508 e. The van der Waals surface area contributed by atoms with Crippen molar-refractivity contribution in [2.24, 2.45) is 5.92 Å². The maximum atomic E-state index is 12.5. The topological polar surface area (TPSA) is 119 Å². The predicted molar refractivity (Wildman–Crippen MR) is 129 cm³/mol. The van der Waals surface area contributed by atoms with E-state index in [-0.39, 0.29) is 35.4 Å². The number of ether oxygens (including phenoxy) is 1. The van der Waals surface area contributed by atoms with Gasteiger partial charge in [-0.25, -0.2) is 0 Å². The molecule has 0 saturated carbocycles. The largest absolute Gasteiger partial charge is 0.508 e. The van der Waals surface area contributed by atoms with E-state index >= 15 is 0 Å². The van der Waals surface area contributed by atoms with Crippen molar-refractivity contribution in [2.45, 2.75) is 57.8 Å². The van der Waals surface area contributed by atoms with Crippen molar-refractivity contribution in [3.8, 4) is 11.5 Å². The fraction of sp³-hybridized carbons (Fsp3) is 0.423. The number of carbonyl (C=O) groups is 1. The smallest absolute Gasteiger partial charge is 0.227 e. The van der Waals surface area contributed by atoms with Crippen LogP contribution in [-0.4, -0.2) is 51.8 Å². The zero-order valence-electron chi connectivity index (χ0n) is 19.4. The number of hydrogen-bond donors (Lipinski definition) is 5. The van der Waals surface area contributed by atoms with Crippen LogP contribution in [0.1, 0.15) is 38.7 Å². The third-order valence-corrected chi connectivity index (χ3v) is 5.76. The van der Waals surface area contributed by atoms with Crippen LogP contribution in [0.2, 0.25) is 0 Å².